The molecule has 4 nitrogen and oxygen atoms in total. The molecule has 0 spiro atoms. The Balaban J connectivity index is 2.23. The molecule has 0 aliphatic heterocycles. The Kier molecular flexibility index (Phi) is 4.06. The summed E-state index contributed by atoms with van der Waals surface area (Å²) in [6, 6.07) is 8.08. The van der Waals surface area contributed by atoms with Crippen molar-refractivity contribution in [3.05, 3.63) is 41.7 Å². The third-order valence-corrected chi connectivity index (χ3v) is 2.67. The molecule has 0 amide bonds. The van der Waals surface area contributed by atoms with Gasteiger partial charge in [-0.25, -0.2) is 4.39 Å². The van der Waals surface area contributed by atoms with Crippen molar-refractivity contribution in [2.75, 3.05) is 11.9 Å². The normalized spacial score (nSPS) is 12.2. The standard InChI is InChI=1S/C14H16FN3O/c1-9-6-13(11-4-3-5-12(15)7-11)17-18-14(9)16-8-10(2)19/h3-7,10,19H,8H2,1-2H3,(H,16,18). The molecule has 0 saturated heterocycles. The lowest BCUT2D eigenvalue weighted by Crippen LogP contribution is -2.17. The summed E-state index contributed by atoms with van der Waals surface area (Å²) >= 11 is 0. The van der Waals surface area contributed by atoms with E-state index in [9.17, 15) is 9.50 Å². The fraction of sp³-hybridized carbons (Fsp3) is 0.286. The zero-order valence-electron chi connectivity index (χ0n) is 10.9. The number of aromatic nitrogens is 2. The van der Waals surface area contributed by atoms with Crippen LogP contribution in [0.15, 0.2) is 30.3 Å². The highest BCUT2D eigenvalue weighted by Gasteiger charge is 2.06. The zero-order chi connectivity index (χ0) is 13.8. The van der Waals surface area contributed by atoms with Crippen molar-refractivity contribution in [3.63, 3.8) is 0 Å². The molecule has 1 aromatic carbocycles. The molecule has 0 aliphatic carbocycles. The third-order valence-electron chi connectivity index (χ3n) is 2.67. The fourth-order valence-electron chi connectivity index (χ4n) is 1.69. The van der Waals surface area contributed by atoms with E-state index in [1.54, 1.807) is 19.1 Å². The second-order valence-electron chi connectivity index (χ2n) is 4.50. The molecule has 0 saturated carbocycles. The number of hydrogen-bond acceptors (Lipinski definition) is 4. The molecule has 2 aromatic rings. The van der Waals surface area contributed by atoms with Crippen LogP contribution >= 0.6 is 0 Å². The van der Waals surface area contributed by atoms with Gasteiger partial charge in [-0.1, -0.05) is 12.1 Å². The number of halogens is 1. The number of rotatable bonds is 4. The topological polar surface area (TPSA) is 58.0 Å². The molecular weight excluding hydrogens is 245 g/mol. The highest BCUT2D eigenvalue weighted by molar-refractivity contribution is 5.61. The maximum atomic E-state index is 13.2. The van der Waals surface area contributed by atoms with Gasteiger partial charge in [0.15, 0.2) is 5.82 Å². The number of nitrogens with one attached hydrogen (secondary N) is 1. The van der Waals surface area contributed by atoms with E-state index in [1.807, 2.05) is 13.0 Å². The lowest BCUT2D eigenvalue weighted by molar-refractivity contribution is 0.208. The van der Waals surface area contributed by atoms with Gasteiger partial charge in [-0.2, -0.15) is 0 Å². The summed E-state index contributed by atoms with van der Waals surface area (Å²) in [5, 5.41) is 20.3. The van der Waals surface area contributed by atoms with Gasteiger partial charge in [-0.05, 0) is 37.6 Å². The Bertz CT molecular complexity index is 572. The average molecular weight is 261 g/mol. The number of benzene rings is 1. The smallest absolute Gasteiger partial charge is 0.151 e. The number of hydrogen-bond donors (Lipinski definition) is 2. The Labute approximate surface area is 111 Å². The van der Waals surface area contributed by atoms with Gasteiger partial charge in [0.25, 0.3) is 0 Å². The van der Waals surface area contributed by atoms with Crippen molar-refractivity contribution < 1.29 is 9.50 Å². The average Bonchev–Trinajstić information content (AvgIpc) is 2.37. The van der Waals surface area contributed by atoms with Crippen molar-refractivity contribution in [1.82, 2.24) is 10.2 Å². The minimum Gasteiger partial charge on any atom is -0.392 e. The third kappa shape index (κ3) is 3.48. The summed E-state index contributed by atoms with van der Waals surface area (Å²) in [7, 11) is 0. The number of anilines is 1. The lowest BCUT2D eigenvalue weighted by atomic mass is 10.1. The van der Waals surface area contributed by atoms with Gasteiger partial charge in [0.2, 0.25) is 0 Å². The predicted octanol–water partition coefficient (Wildman–Crippen LogP) is 2.38. The molecule has 2 N–H and O–H groups in total. The van der Waals surface area contributed by atoms with Gasteiger partial charge in [0, 0.05) is 12.1 Å². The van der Waals surface area contributed by atoms with Gasteiger partial charge in [-0.15, -0.1) is 10.2 Å². The van der Waals surface area contributed by atoms with Crippen molar-refractivity contribution >= 4 is 5.82 Å². The fourth-order valence-corrected chi connectivity index (χ4v) is 1.69. The van der Waals surface area contributed by atoms with Crippen LogP contribution in [0.25, 0.3) is 11.3 Å². The number of aryl methyl sites for hydroxylation is 1. The second kappa shape index (κ2) is 5.75. The number of nitrogens with zero attached hydrogens (tertiary/aromatic N) is 2. The highest BCUT2D eigenvalue weighted by atomic mass is 19.1. The molecule has 1 aromatic heterocycles. The molecule has 2 rings (SSSR count). The Morgan fingerprint density at radius 2 is 2.11 bits per heavy atom. The summed E-state index contributed by atoms with van der Waals surface area (Å²) in [5.74, 6) is 0.328. The summed E-state index contributed by atoms with van der Waals surface area (Å²) in [6.07, 6.45) is -0.455. The quantitative estimate of drug-likeness (QED) is 0.887. The van der Waals surface area contributed by atoms with Crippen LogP contribution in [0.1, 0.15) is 12.5 Å². The summed E-state index contributed by atoms with van der Waals surface area (Å²) in [4.78, 5) is 0. The first-order valence-electron chi connectivity index (χ1n) is 6.08. The number of aliphatic hydroxyl groups excluding tert-OH is 1. The predicted molar refractivity (Wildman–Crippen MR) is 72.3 cm³/mol. The van der Waals surface area contributed by atoms with E-state index < -0.39 is 6.10 Å². The van der Waals surface area contributed by atoms with Crippen molar-refractivity contribution in [2.24, 2.45) is 0 Å². The van der Waals surface area contributed by atoms with E-state index in [4.69, 9.17) is 0 Å². The Hall–Kier alpha value is -2.01. The van der Waals surface area contributed by atoms with Crippen molar-refractivity contribution in [2.45, 2.75) is 20.0 Å². The van der Waals surface area contributed by atoms with Crippen LogP contribution in [0.4, 0.5) is 10.2 Å². The second-order valence-corrected chi connectivity index (χ2v) is 4.50. The van der Waals surface area contributed by atoms with E-state index in [0.717, 1.165) is 5.56 Å². The lowest BCUT2D eigenvalue weighted by Gasteiger charge is -2.10. The van der Waals surface area contributed by atoms with Crippen LogP contribution in [0.2, 0.25) is 0 Å². The van der Waals surface area contributed by atoms with Crippen LogP contribution in [0, 0.1) is 12.7 Å². The number of aliphatic hydroxyl groups is 1. The van der Waals surface area contributed by atoms with Gasteiger partial charge in [0.1, 0.15) is 5.82 Å². The molecule has 0 fully saturated rings. The van der Waals surface area contributed by atoms with E-state index in [2.05, 4.69) is 15.5 Å². The van der Waals surface area contributed by atoms with Crippen molar-refractivity contribution in [3.8, 4) is 11.3 Å². The first-order valence-corrected chi connectivity index (χ1v) is 6.08. The van der Waals surface area contributed by atoms with E-state index in [1.165, 1.54) is 12.1 Å². The van der Waals surface area contributed by atoms with Crippen LogP contribution in [0.3, 0.4) is 0 Å². The molecule has 19 heavy (non-hydrogen) atoms. The molecular formula is C14H16FN3O. The maximum Gasteiger partial charge on any atom is 0.151 e. The van der Waals surface area contributed by atoms with Gasteiger partial charge < -0.3 is 10.4 Å². The molecule has 1 unspecified atom stereocenters. The van der Waals surface area contributed by atoms with E-state index >= 15 is 0 Å². The first-order chi connectivity index (χ1) is 9.06. The molecule has 0 radical (unpaired) electrons. The van der Waals surface area contributed by atoms with Crippen LogP contribution < -0.4 is 5.32 Å². The van der Waals surface area contributed by atoms with Crippen LogP contribution in [-0.2, 0) is 0 Å². The zero-order valence-corrected chi connectivity index (χ0v) is 10.9. The summed E-state index contributed by atoms with van der Waals surface area (Å²) < 4.78 is 13.2. The molecule has 1 atom stereocenters. The van der Waals surface area contributed by atoms with Crippen LogP contribution in [0.5, 0.6) is 0 Å². The Morgan fingerprint density at radius 1 is 1.32 bits per heavy atom. The van der Waals surface area contributed by atoms with Gasteiger partial charge in [-0.3, -0.25) is 0 Å². The Morgan fingerprint density at radius 3 is 2.74 bits per heavy atom. The van der Waals surface area contributed by atoms with Crippen LogP contribution in [-0.4, -0.2) is 28.0 Å². The van der Waals surface area contributed by atoms with E-state index in [0.29, 0.717) is 23.6 Å². The monoisotopic (exact) mass is 261 g/mol. The molecule has 100 valence electrons. The van der Waals surface area contributed by atoms with Crippen molar-refractivity contribution in [1.29, 1.82) is 0 Å². The maximum absolute atomic E-state index is 13.2. The van der Waals surface area contributed by atoms with Gasteiger partial charge >= 0.3 is 0 Å². The minimum atomic E-state index is -0.455. The van der Waals surface area contributed by atoms with Gasteiger partial charge in [0.05, 0.1) is 11.8 Å². The molecule has 0 aliphatic rings. The summed E-state index contributed by atoms with van der Waals surface area (Å²) in [5.41, 5.74) is 2.21. The molecule has 5 heteroatoms. The molecule has 1 heterocycles. The minimum absolute atomic E-state index is 0.298. The highest BCUT2D eigenvalue weighted by Crippen LogP contribution is 2.20. The first kappa shape index (κ1) is 13.4. The summed E-state index contributed by atoms with van der Waals surface area (Å²) in [6.45, 7) is 3.99. The van der Waals surface area contributed by atoms with E-state index in [-0.39, 0.29) is 5.82 Å². The molecule has 0 bridgehead atoms. The SMILES string of the molecule is Cc1cc(-c2cccc(F)c2)nnc1NCC(C)O. The largest absolute Gasteiger partial charge is 0.392 e.